The van der Waals surface area contributed by atoms with Gasteiger partial charge < -0.3 is 0 Å². The van der Waals surface area contributed by atoms with Crippen molar-refractivity contribution in [1.29, 1.82) is 0 Å². The highest BCUT2D eigenvalue weighted by Crippen LogP contribution is 2.83. The van der Waals surface area contributed by atoms with E-state index in [9.17, 15) is 8.42 Å². The minimum atomic E-state index is -3.54. The van der Waals surface area contributed by atoms with E-state index in [1.807, 2.05) is 19.1 Å². The maximum absolute atomic E-state index is 13.8. The van der Waals surface area contributed by atoms with Crippen LogP contribution in [-0.2, 0) is 10.0 Å². The standard InChI is InChI=1S/C33H31NO2S/c1-23-17-19-27(20-18-23)37(35,36)34-21-28-31(26-15-9-4-10-16-26)33(28,22-34)32-29(24-11-5-2-6-12-24)30(32)25-13-7-3-8-14-25/h2-20,28-32H,21-22H2,1H3/t28-,29+,30+,31-,33+/m1/s1. The Bertz CT molecular complexity index is 1470. The summed E-state index contributed by atoms with van der Waals surface area (Å²) in [5.41, 5.74) is 5.10. The van der Waals surface area contributed by atoms with E-state index >= 15 is 0 Å². The van der Waals surface area contributed by atoms with Crippen LogP contribution in [0.2, 0.25) is 0 Å². The van der Waals surface area contributed by atoms with E-state index in [1.54, 1.807) is 16.4 Å². The van der Waals surface area contributed by atoms with Gasteiger partial charge in [-0.15, -0.1) is 0 Å². The second-order valence-corrected chi connectivity index (χ2v) is 13.1. The highest BCUT2D eigenvalue weighted by Gasteiger charge is 2.80. The van der Waals surface area contributed by atoms with E-state index in [0.29, 0.717) is 47.6 Å². The molecule has 3 nitrogen and oxygen atoms in total. The summed E-state index contributed by atoms with van der Waals surface area (Å²) in [6.07, 6.45) is 0. The molecule has 0 amide bonds. The summed E-state index contributed by atoms with van der Waals surface area (Å²) < 4.78 is 29.3. The van der Waals surface area contributed by atoms with Crippen LogP contribution >= 0.6 is 0 Å². The quantitative estimate of drug-likeness (QED) is 0.296. The lowest BCUT2D eigenvalue weighted by molar-refractivity contribution is 0.347. The Hall–Kier alpha value is -3.21. The Labute approximate surface area is 219 Å². The first-order valence-electron chi connectivity index (χ1n) is 13.2. The van der Waals surface area contributed by atoms with Gasteiger partial charge in [0.25, 0.3) is 0 Å². The Morgan fingerprint density at radius 1 is 0.676 bits per heavy atom. The Morgan fingerprint density at radius 2 is 1.16 bits per heavy atom. The second-order valence-electron chi connectivity index (χ2n) is 11.1. The monoisotopic (exact) mass is 505 g/mol. The van der Waals surface area contributed by atoms with Crippen molar-refractivity contribution < 1.29 is 8.42 Å². The van der Waals surface area contributed by atoms with Crippen LogP contribution in [0.1, 0.15) is 40.0 Å². The molecule has 37 heavy (non-hydrogen) atoms. The van der Waals surface area contributed by atoms with Gasteiger partial charge in [-0.2, -0.15) is 4.31 Å². The summed E-state index contributed by atoms with van der Waals surface area (Å²) in [4.78, 5) is 0.404. The van der Waals surface area contributed by atoms with Gasteiger partial charge in [-0.05, 0) is 65.3 Å². The number of rotatable bonds is 6. The van der Waals surface area contributed by atoms with Gasteiger partial charge >= 0.3 is 0 Å². The molecule has 4 aromatic carbocycles. The maximum atomic E-state index is 13.8. The molecule has 1 saturated heterocycles. The molecule has 0 aromatic heterocycles. The second kappa shape index (κ2) is 8.41. The zero-order valence-corrected chi connectivity index (χ0v) is 21.8. The van der Waals surface area contributed by atoms with Crippen LogP contribution in [0.15, 0.2) is 120 Å². The van der Waals surface area contributed by atoms with Crippen LogP contribution in [0, 0.1) is 24.2 Å². The molecule has 0 unspecified atom stereocenters. The highest BCUT2D eigenvalue weighted by atomic mass is 32.2. The van der Waals surface area contributed by atoms with Gasteiger partial charge in [0.1, 0.15) is 0 Å². The molecule has 0 radical (unpaired) electrons. The van der Waals surface area contributed by atoms with Crippen molar-refractivity contribution in [3.05, 3.63) is 138 Å². The van der Waals surface area contributed by atoms with Crippen LogP contribution in [0.3, 0.4) is 0 Å². The molecule has 3 fully saturated rings. The van der Waals surface area contributed by atoms with E-state index in [2.05, 4.69) is 91.0 Å². The SMILES string of the molecule is Cc1ccc(S(=O)(=O)N2C[C@@H]3[C@@H](c4ccccc4)[C@]3(C3[C@@H](c4ccccc4)[C@@H]3c3ccccc3)C2)cc1. The fraction of sp³-hybridized carbons (Fsp3) is 0.273. The third-order valence-corrected chi connectivity index (χ3v) is 11.1. The molecule has 0 bridgehead atoms. The van der Waals surface area contributed by atoms with Gasteiger partial charge in [0, 0.05) is 18.5 Å². The minimum absolute atomic E-state index is 0.0554. The van der Waals surface area contributed by atoms with Crippen LogP contribution < -0.4 is 0 Å². The van der Waals surface area contributed by atoms with Crippen molar-refractivity contribution in [3.8, 4) is 0 Å². The van der Waals surface area contributed by atoms with Crippen LogP contribution in [0.4, 0.5) is 0 Å². The predicted octanol–water partition coefficient (Wildman–Crippen LogP) is 6.60. The van der Waals surface area contributed by atoms with Gasteiger partial charge in [0.2, 0.25) is 10.0 Å². The molecule has 1 heterocycles. The van der Waals surface area contributed by atoms with Crippen molar-refractivity contribution in [2.75, 3.05) is 13.1 Å². The summed E-state index contributed by atoms with van der Waals surface area (Å²) in [7, 11) is -3.54. The molecule has 7 rings (SSSR count). The highest BCUT2D eigenvalue weighted by molar-refractivity contribution is 7.89. The molecule has 4 heteroatoms. The molecule has 3 aliphatic rings. The normalized spacial score (nSPS) is 30.6. The molecule has 186 valence electrons. The number of aryl methyl sites for hydroxylation is 1. The molecule has 0 N–H and O–H groups in total. The lowest BCUT2D eigenvalue weighted by atomic mass is 9.90. The van der Waals surface area contributed by atoms with Gasteiger partial charge in [0.15, 0.2) is 0 Å². The zero-order chi connectivity index (χ0) is 25.2. The maximum Gasteiger partial charge on any atom is 0.243 e. The van der Waals surface area contributed by atoms with Crippen molar-refractivity contribution >= 4 is 10.0 Å². The van der Waals surface area contributed by atoms with Crippen molar-refractivity contribution in [1.82, 2.24) is 4.31 Å². The number of hydrogen-bond donors (Lipinski definition) is 0. The number of piperidine rings is 1. The van der Waals surface area contributed by atoms with Gasteiger partial charge in [-0.3, -0.25) is 0 Å². The zero-order valence-electron chi connectivity index (χ0n) is 20.9. The average molecular weight is 506 g/mol. The lowest BCUT2D eigenvalue weighted by Crippen LogP contribution is -2.34. The molecule has 2 aliphatic carbocycles. The number of nitrogens with zero attached hydrogens (tertiary/aromatic N) is 1. The molecule has 0 spiro atoms. The molecule has 4 aromatic rings. The first kappa shape index (κ1) is 22.9. The number of fused-ring (bicyclic) bond motifs is 1. The van der Waals surface area contributed by atoms with Crippen LogP contribution in [0.25, 0.3) is 0 Å². The molecule has 5 atom stereocenters. The first-order chi connectivity index (χ1) is 18.0. The lowest BCUT2D eigenvalue weighted by Gasteiger charge is -2.24. The van der Waals surface area contributed by atoms with Crippen molar-refractivity contribution in [3.63, 3.8) is 0 Å². The van der Waals surface area contributed by atoms with Crippen LogP contribution in [0.5, 0.6) is 0 Å². The summed E-state index contributed by atoms with van der Waals surface area (Å²) in [5.74, 6) is 1.94. The van der Waals surface area contributed by atoms with Crippen molar-refractivity contribution in [2.24, 2.45) is 17.3 Å². The number of sulfonamides is 1. The molecular formula is C33H31NO2S. The summed E-state index contributed by atoms with van der Waals surface area (Å²) in [5, 5.41) is 0. The van der Waals surface area contributed by atoms with E-state index in [1.165, 1.54) is 16.7 Å². The van der Waals surface area contributed by atoms with E-state index in [4.69, 9.17) is 0 Å². The summed E-state index contributed by atoms with van der Waals surface area (Å²) in [6, 6.07) is 39.8. The van der Waals surface area contributed by atoms with E-state index < -0.39 is 10.0 Å². The fourth-order valence-electron chi connectivity index (χ4n) is 7.59. The Balaban J connectivity index is 1.30. The molecule has 1 aliphatic heterocycles. The Kier molecular flexibility index (Phi) is 5.21. The van der Waals surface area contributed by atoms with E-state index in [0.717, 1.165) is 5.56 Å². The number of benzene rings is 4. The van der Waals surface area contributed by atoms with Gasteiger partial charge in [-0.1, -0.05) is 109 Å². The molecule has 2 saturated carbocycles. The average Bonchev–Trinajstić information content (AvgIpc) is 3.80. The number of hydrogen-bond acceptors (Lipinski definition) is 2. The topological polar surface area (TPSA) is 37.4 Å². The van der Waals surface area contributed by atoms with Gasteiger partial charge in [-0.25, -0.2) is 8.42 Å². The first-order valence-corrected chi connectivity index (χ1v) is 14.7. The fourth-order valence-corrected chi connectivity index (χ4v) is 9.11. The van der Waals surface area contributed by atoms with Gasteiger partial charge in [0.05, 0.1) is 4.90 Å². The van der Waals surface area contributed by atoms with Crippen LogP contribution in [-0.4, -0.2) is 25.8 Å². The Morgan fingerprint density at radius 3 is 1.68 bits per heavy atom. The molecular weight excluding hydrogens is 474 g/mol. The van der Waals surface area contributed by atoms with Crippen molar-refractivity contribution in [2.45, 2.75) is 29.6 Å². The third-order valence-electron chi connectivity index (χ3n) is 9.24. The summed E-state index contributed by atoms with van der Waals surface area (Å²) in [6.45, 7) is 3.17. The summed E-state index contributed by atoms with van der Waals surface area (Å²) >= 11 is 0. The minimum Gasteiger partial charge on any atom is -0.207 e. The van der Waals surface area contributed by atoms with E-state index in [-0.39, 0.29) is 5.41 Å². The third kappa shape index (κ3) is 3.53. The largest absolute Gasteiger partial charge is 0.243 e. The smallest absolute Gasteiger partial charge is 0.207 e. The predicted molar refractivity (Wildman–Crippen MR) is 147 cm³/mol.